The van der Waals surface area contributed by atoms with E-state index in [0.717, 1.165) is 18.3 Å². The Kier molecular flexibility index (Phi) is 3.89. The lowest BCUT2D eigenvalue weighted by molar-refractivity contribution is 0.292. The first kappa shape index (κ1) is 13.4. The summed E-state index contributed by atoms with van der Waals surface area (Å²) in [5.74, 6) is 2.80. The molecule has 0 unspecified atom stereocenters. The average Bonchev–Trinajstić information content (AvgIpc) is 3.35. The van der Waals surface area contributed by atoms with Crippen molar-refractivity contribution in [3.05, 3.63) is 0 Å². The molecule has 0 amide bonds. The van der Waals surface area contributed by atoms with Crippen LogP contribution in [0.1, 0.15) is 39.0 Å². The normalized spacial score (nSPS) is 18.1. The zero-order valence-corrected chi connectivity index (χ0v) is 12.2. The van der Waals surface area contributed by atoms with E-state index in [1.165, 1.54) is 25.7 Å². The average molecular weight is 277 g/mol. The summed E-state index contributed by atoms with van der Waals surface area (Å²) >= 11 is 0. The highest BCUT2D eigenvalue weighted by atomic mass is 16.5. The molecule has 1 heterocycles. The zero-order chi connectivity index (χ0) is 13.9. The summed E-state index contributed by atoms with van der Waals surface area (Å²) in [5, 5.41) is 6.48. The predicted molar refractivity (Wildman–Crippen MR) is 78.0 cm³/mol. The predicted octanol–water partition coefficient (Wildman–Crippen LogP) is 2.30. The van der Waals surface area contributed by atoms with Gasteiger partial charge in [0.1, 0.15) is 0 Å². The van der Waals surface area contributed by atoms with Crippen molar-refractivity contribution in [3.8, 4) is 6.01 Å². The Labute approximate surface area is 119 Å². The van der Waals surface area contributed by atoms with Gasteiger partial charge in [-0.3, -0.25) is 0 Å². The first-order valence-corrected chi connectivity index (χ1v) is 7.63. The third-order valence-corrected chi connectivity index (χ3v) is 3.83. The van der Waals surface area contributed by atoms with Crippen molar-refractivity contribution in [2.45, 2.75) is 45.1 Å². The lowest BCUT2D eigenvalue weighted by Crippen LogP contribution is -2.26. The topological polar surface area (TPSA) is 72.0 Å². The van der Waals surface area contributed by atoms with Gasteiger partial charge in [0, 0.05) is 13.1 Å². The Bertz CT molecular complexity index is 447. The largest absolute Gasteiger partial charge is 0.463 e. The van der Waals surface area contributed by atoms with Gasteiger partial charge in [0.15, 0.2) is 0 Å². The minimum Gasteiger partial charge on any atom is -0.463 e. The van der Waals surface area contributed by atoms with Crippen molar-refractivity contribution < 1.29 is 4.74 Å². The molecule has 0 spiro atoms. The van der Waals surface area contributed by atoms with Crippen molar-refractivity contribution in [2.75, 3.05) is 24.3 Å². The van der Waals surface area contributed by atoms with Gasteiger partial charge >= 0.3 is 6.01 Å². The van der Waals surface area contributed by atoms with Crippen LogP contribution < -0.4 is 15.4 Å². The number of hydrogen-bond donors (Lipinski definition) is 2. The van der Waals surface area contributed by atoms with Gasteiger partial charge in [-0.25, -0.2) is 0 Å². The Morgan fingerprint density at radius 3 is 2.30 bits per heavy atom. The van der Waals surface area contributed by atoms with Crippen LogP contribution in [0.3, 0.4) is 0 Å². The molecule has 0 aliphatic heterocycles. The molecule has 3 rings (SSSR count). The van der Waals surface area contributed by atoms with Crippen LogP contribution in [-0.2, 0) is 0 Å². The molecule has 2 fully saturated rings. The van der Waals surface area contributed by atoms with E-state index < -0.39 is 0 Å². The zero-order valence-electron chi connectivity index (χ0n) is 12.2. The van der Waals surface area contributed by atoms with Gasteiger partial charge in [-0.2, -0.15) is 15.0 Å². The van der Waals surface area contributed by atoms with E-state index in [1.54, 1.807) is 0 Å². The fourth-order valence-corrected chi connectivity index (χ4v) is 2.47. The highest BCUT2D eigenvalue weighted by Gasteiger charge is 2.41. The van der Waals surface area contributed by atoms with Crippen molar-refractivity contribution in [2.24, 2.45) is 11.8 Å². The molecule has 2 aliphatic carbocycles. The molecule has 110 valence electrons. The van der Waals surface area contributed by atoms with Crippen LogP contribution in [0.15, 0.2) is 0 Å². The molecule has 1 aromatic heterocycles. The van der Waals surface area contributed by atoms with E-state index in [4.69, 9.17) is 4.74 Å². The van der Waals surface area contributed by atoms with Gasteiger partial charge in [0.25, 0.3) is 0 Å². The Hall–Kier alpha value is -1.59. The number of rotatable bonds is 8. The third kappa shape index (κ3) is 3.29. The van der Waals surface area contributed by atoms with Crippen LogP contribution in [0.25, 0.3) is 0 Å². The highest BCUT2D eigenvalue weighted by Crippen LogP contribution is 2.45. The quantitative estimate of drug-likeness (QED) is 0.759. The molecular weight excluding hydrogens is 254 g/mol. The van der Waals surface area contributed by atoms with Crippen LogP contribution in [0.4, 0.5) is 11.9 Å². The summed E-state index contributed by atoms with van der Waals surface area (Å²) < 4.78 is 5.53. The Morgan fingerprint density at radius 1 is 1.10 bits per heavy atom. The summed E-state index contributed by atoms with van der Waals surface area (Å²) in [6.45, 7) is 2.69. The highest BCUT2D eigenvalue weighted by molar-refractivity contribution is 5.37. The summed E-state index contributed by atoms with van der Waals surface area (Å²) in [5.41, 5.74) is 0. The van der Waals surface area contributed by atoms with Gasteiger partial charge in [-0.05, 0) is 43.9 Å². The molecular formula is C14H23N5O. The molecule has 6 heteroatoms. The molecule has 2 aliphatic rings. The third-order valence-electron chi connectivity index (χ3n) is 3.83. The molecule has 0 bridgehead atoms. The second-order valence-electron chi connectivity index (χ2n) is 5.71. The van der Waals surface area contributed by atoms with Gasteiger partial charge in [0.2, 0.25) is 11.9 Å². The summed E-state index contributed by atoms with van der Waals surface area (Å²) in [4.78, 5) is 13.0. The molecule has 20 heavy (non-hydrogen) atoms. The fraction of sp³-hybridized carbons (Fsp3) is 0.786. The lowest BCUT2D eigenvalue weighted by Gasteiger charge is -2.18. The molecule has 0 radical (unpaired) electrons. The second-order valence-corrected chi connectivity index (χ2v) is 5.71. The summed E-state index contributed by atoms with van der Waals surface area (Å²) in [6.07, 6.45) is 6.26. The molecule has 2 N–H and O–H groups in total. The first-order chi connectivity index (χ1) is 9.80. The molecule has 2 saturated carbocycles. The molecule has 0 aromatic carbocycles. The maximum absolute atomic E-state index is 5.53. The van der Waals surface area contributed by atoms with E-state index in [0.29, 0.717) is 30.6 Å². The number of nitrogens with one attached hydrogen (secondary N) is 2. The smallest absolute Gasteiger partial charge is 0.323 e. The van der Waals surface area contributed by atoms with Crippen molar-refractivity contribution >= 4 is 11.9 Å². The Morgan fingerprint density at radius 2 is 1.75 bits per heavy atom. The van der Waals surface area contributed by atoms with Crippen LogP contribution >= 0.6 is 0 Å². The minimum absolute atomic E-state index is 0.402. The minimum atomic E-state index is 0.402. The van der Waals surface area contributed by atoms with Crippen molar-refractivity contribution in [1.29, 1.82) is 0 Å². The van der Waals surface area contributed by atoms with Crippen molar-refractivity contribution in [1.82, 2.24) is 15.0 Å². The van der Waals surface area contributed by atoms with E-state index >= 15 is 0 Å². The number of hydrogen-bond acceptors (Lipinski definition) is 6. The monoisotopic (exact) mass is 277 g/mol. The molecule has 0 saturated heterocycles. The second kappa shape index (κ2) is 5.81. The maximum Gasteiger partial charge on any atom is 0.323 e. The number of ether oxygens (including phenoxy) is 1. The van der Waals surface area contributed by atoms with E-state index in [1.807, 2.05) is 7.05 Å². The standard InChI is InChI=1S/C14H23N5O/c1-3-8-20-14-18-12(15-2)17-13(19-14)16-11(9-4-5-9)10-6-7-10/h9-11H,3-8H2,1-2H3,(H2,15,16,17,18,19). The number of nitrogens with zero attached hydrogens (tertiary/aromatic N) is 3. The van der Waals surface area contributed by atoms with Gasteiger partial charge < -0.3 is 15.4 Å². The van der Waals surface area contributed by atoms with Crippen LogP contribution in [0, 0.1) is 11.8 Å². The molecule has 6 nitrogen and oxygen atoms in total. The van der Waals surface area contributed by atoms with Crippen molar-refractivity contribution in [3.63, 3.8) is 0 Å². The van der Waals surface area contributed by atoms with E-state index in [2.05, 4.69) is 32.5 Å². The molecule has 0 atom stereocenters. The number of anilines is 2. The summed E-state index contributed by atoms with van der Waals surface area (Å²) in [7, 11) is 1.81. The van der Waals surface area contributed by atoms with Crippen LogP contribution in [-0.4, -0.2) is 34.6 Å². The lowest BCUT2D eigenvalue weighted by atomic mass is 10.1. The fourth-order valence-electron chi connectivity index (χ4n) is 2.47. The van der Waals surface area contributed by atoms with E-state index in [-0.39, 0.29) is 0 Å². The molecule has 1 aromatic rings. The van der Waals surface area contributed by atoms with E-state index in [9.17, 15) is 0 Å². The summed E-state index contributed by atoms with van der Waals surface area (Å²) in [6, 6.07) is 0.931. The van der Waals surface area contributed by atoms with Crippen LogP contribution in [0.5, 0.6) is 6.01 Å². The maximum atomic E-state index is 5.53. The van der Waals surface area contributed by atoms with Gasteiger partial charge in [-0.1, -0.05) is 6.92 Å². The first-order valence-electron chi connectivity index (χ1n) is 7.63. The van der Waals surface area contributed by atoms with Gasteiger partial charge in [0.05, 0.1) is 6.61 Å². The van der Waals surface area contributed by atoms with Gasteiger partial charge in [-0.15, -0.1) is 0 Å². The van der Waals surface area contributed by atoms with Crippen LogP contribution in [0.2, 0.25) is 0 Å². The Balaban J connectivity index is 1.72. The number of aromatic nitrogens is 3. The SMILES string of the molecule is CCCOc1nc(NC)nc(NC(C2CC2)C2CC2)n1.